The van der Waals surface area contributed by atoms with Crippen LogP contribution in [-0.4, -0.2) is 30.0 Å². The van der Waals surface area contributed by atoms with Gasteiger partial charge in [-0.1, -0.05) is 18.2 Å². The molecule has 8 heteroatoms. The Balaban J connectivity index is 1.66. The number of aryl methyl sites for hydroxylation is 1. The van der Waals surface area contributed by atoms with Gasteiger partial charge in [0.2, 0.25) is 0 Å². The number of H-pyrrole nitrogens is 1. The van der Waals surface area contributed by atoms with E-state index < -0.39 is 0 Å². The third-order valence-electron chi connectivity index (χ3n) is 4.12. The summed E-state index contributed by atoms with van der Waals surface area (Å²) >= 11 is 0. The summed E-state index contributed by atoms with van der Waals surface area (Å²) in [4.78, 5) is 12.6. The topological polar surface area (TPSA) is 81.4 Å². The van der Waals surface area contributed by atoms with Gasteiger partial charge >= 0.3 is 5.69 Å². The Kier molecular flexibility index (Phi) is 3.92. The Bertz CT molecular complexity index is 1110. The Hall–Kier alpha value is -3.55. The van der Waals surface area contributed by atoms with Crippen LogP contribution in [0.4, 0.5) is 4.39 Å². The maximum Gasteiger partial charge on any atom is 0.368 e. The van der Waals surface area contributed by atoms with Crippen LogP contribution < -0.4 is 5.69 Å². The first-order valence-corrected chi connectivity index (χ1v) is 7.99. The highest BCUT2D eigenvalue weighted by Crippen LogP contribution is 2.23. The third-order valence-corrected chi connectivity index (χ3v) is 4.12. The number of nitrogens with zero attached hydrogens (tertiary/aromatic N) is 5. The van der Waals surface area contributed by atoms with Gasteiger partial charge in [-0.05, 0) is 58.3 Å². The lowest BCUT2D eigenvalue weighted by Gasteiger charge is -2.06. The van der Waals surface area contributed by atoms with Crippen LogP contribution in [0.25, 0.3) is 16.8 Å². The Morgan fingerprint density at radius 3 is 2.77 bits per heavy atom. The molecular weight excluding hydrogens is 335 g/mol. The van der Waals surface area contributed by atoms with Crippen LogP contribution in [-0.2, 0) is 6.54 Å². The molecule has 0 aliphatic carbocycles. The van der Waals surface area contributed by atoms with Gasteiger partial charge in [-0.3, -0.25) is 5.10 Å². The molecule has 4 aromatic rings. The van der Waals surface area contributed by atoms with E-state index in [9.17, 15) is 9.18 Å². The van der Waals surface area contributed by atoms with Crippen molar-refractivity contribution in [3.05, 3.63) is 82.3 Å². The van der Waals surface area contributed by atoms with Crippen LogP contribution in [0, 0.1) is 12.7 Å². The maximum atomic E-state index is 13.3. The summed E-state index contributed by atoms with van der Waals surface area (Å²) in [6.07, 6.45) is 3.55. The Labute approximate surface area is 147 Å². The number of hydrogen-bond donors (Lipinski definition) is 1. The summed E-state index contributed by atoms with van der Waals surface area (Å²) in [6.45, 7) is 2.11. The summed E-state index contributed by atoms with van der Waals surface area (Å²) in [6, 6.07) is 11.6. The predicted molar refractivity (Wildman–Crippen MR) is 93.4 cm³/mol. The highest BCUT2D eigenvalue weighted by atomic mass is 19.1. The van der Waals surface area contributed by atoms with Gasteiger partial charge in [0.05, 0.1) is 18.4 Å². The number of benzene rings is 2. The van der Waals surface area contributed by atoms with Crippen LogP contribution >= 0.6 is 0 Å². The largest absolute Gasteiger partial charge is 0.368 e. The lowest BCUT2D eigenvalue weighted by atomic mass is 10.0. The highest BCUT2D eigenvalue weighted by Gasteiger charge is 2.12. The van der Waals surface area contributed by atoms with E-state index in [4.69, 9.17) is 0 Å². The van der Waals surface area contributed by atoms with Gasteiger partial charge in [0.25, 0.3) is 0 Å². The van der Waals surface area contributed by atoms with Gasteiger partial charge in [-0.15, -0.1) is 0 Å². The molecule has 0 saturated carbocycles. The van der Waals surface area contributed by atoms with E-state index in [0.717, 1.165) is 16.7 Å². The SMILES string of the molecule is Cc1cc(-n2nnn(Cc3cccc(F)c3)c2=O)ccc1-c1cn[nH]c1. The molecule has 7 nitrogen and oxygen atoms in total. The molecule has 0 amide bonds. The molecule has 4 rings (SSSR count). The van der Waals surface area contributed by atoms with Gasteiger partial charge in [0, 0.05) is 11.8 Å². The monoisotopic (exact) mass is 350 g/mol. The standard InChI is InChI=1S/C18H15FN6O/c1-12-7-16(5-6-17(12)14-9-20-21-10-14)25-18(26)24(22-23-25)11-13-3-2-4-15(19)8-13/h2-10H,11H2,1H3,(H,20,21). The number of aromatic amines is 1. The second kappa shape index (κ2) is 6.40. The Morgan fingerprint density at radius 2 is 2.04 bits per heavy atom. The normalized spacial score (nSPS) is 11.0. The fraction of sp³-hybridized carbons (Fsp3) is 0.111. The molecule has 0 bridgehead atoms. The zero-order valence-electron chi connectivity index (χ0n) is 13.9. The molecule has 2 aromatic heterocycles. The van der Waals surface area contributed by atoms with Gasteiger partial charge in [-0.2, -0.15) is 14.5 Å². The first-order valence-electron chi connectivity index (χ1n) is 7.99. The minimum Gasteiger partial charge on any atom is -0.285 e. The fourth-order valence-electron chi connectivity index (χ4n) is 2.85. The van der Waals surface area contributed by atoms with Crippen molar-refractivity contribution in [2.45, 2.75) is 13.5 Å². The third kappa shape index (κ3) is 2.92. The number of aromatic nitrogens is 6. The summed E-state index contributed by atoms with van der Waals surface area (Å²) in [5, 5.41) is 14.6. The molecule has 0 atom stereocenters. The molecule has 0 aliphatic rings. The minimum atomic E-state index is -0.385. The number of halogens is 1. The van der Waals surface area contributed by atoms with Gasteiger partial charge in [-0.25, -0.2) is 9.18 Å². The molecular formula is C18H15FN6O. The van der Waals surface area contributed by atoms with Crippen molar-refractivity contribution in [1.29, 1.82) is 0 Å². The first-order chi connectivity index (χ1) is 12.6. The van der Waals surface area contributed by atoms with Gasteiger partial charge < -0.3 is 0 Å². The van der Waals surface area contributed by atoms with Crippen molar-refractivity contribution in [3.8, 4) is 16.8 Å². The van der Waals surface area contributed by atoms with Gasteiger partial charge in [0.15, 0.2) is 0 Å². The summed E-state index contributed by atoms with van der Waals surface area (Å²) in [5.74, 6) is -0.353. The highest BCUT2D eigenvalue weighted by molar-refractivity contribution is 5.67. The molecule has 0 radical (unpaired) electrons. The molecule has 2 aromatic carbocycles. The maximum absolute atomic E-state index is 13.3. The van der Waals surface area contributed by atoms with Crippen LogP contribution in [0.15, 0.2) is 59.7 Å². The molecule has 0 saturated heterocycles. The van der Waals surface area contributed by atoms with E-state index in [0.29, 0.717) is 11.3 Å². The van der Waals surface area contributed by atoms with E-state index in [-0.39, 0.29) is 18.1 Å². The van der Waals surface area contributed by atoms with E-state index in [2.05, 4.69) is 20.6 Å². The zero-order chi connectivity index (χ0) is 18.1. The van der Waals surface area contributed by atoms with Crippen LogP contribution in [0.2, 0.25) is 0 Å². The summed E-state index contributed by atoms with van der Waals surface area (Å²) in [7, 11) is 0. The van der Waals surface area contributed by atoms with Gasteiger partial charge in [0.1, 0.15) is 5.82 Å². The molecule has 0 fully saturated rings. The van der Waals surface area contributed by atoms with Crippen molar-refractivity contribution in [2.24, 2.45) is 0 Å². The van der Waals surface area contributed by atoms with Crippen molar-refractivity contribution in [1.82, 2.24) is 30.0 Å². The van der Waals surface area contributed by atoms with E-state index in [1.54, 1.807) is 24.4 Å². The molecule has 0 aliphatic heterocycles. The lowest BCUT2D eigenvalue weighted by molar-refractivity contribution is 0.608. The smallest absolute Gasteiger partial charge is 0.285 e. The average molecular weight is 350 g/mol. The number of nitrogens with one attached hydrogen (secondary N) is 1. The second-order valence-electron chi connectivity index (χ2n) is 5.95. The number of hydrogen-bond acceptors (Lipinski definition) is 4. The molecule has 0 spiro atoms. The Morgan fingerprint density at radius 1 is 1.15 bits per heavy atom. The predicted octanol–water partition coefficient (Wildman–Crippen LogP) is 2.31. The fourth-order valence-corrected chi connectivity index (χ4v) is 2.85. The first kappa shape index (κ1) is 15.9. The molecule has 1 N–H and O–H groups in total. The summed E-state index contributed by atoms with van der Waals surface area (Å²) < 4.78 is 15.7. The average Bonchev–Trinajstić information content (AvgIpc) is 3.26. The minimum absolute atomic E-state index is 0.155. The van der Waals surface area contributed by atoms with Crippen molar-refractivity contribution < 1.29 is 4.39 Å². The number of rotatable bonds is 4. The molecule has 2 heterocycles. The van der Waals surface area contributed by atoms with E-state index >= 15 is 0 Å². The number of tetrazole rings is 1. The van der Waals surface area contributed by atoms with Crippen LogP contribution in [0.1, 0.15) is 11.1 Å². The van der Waals surface area contributed by atoms with Crippen molar-refractivity contribution >= 4 is 0 Å². The molecule has 0 unspecified atom stereocenters. The van der Waals surface area contributed by atoms with E-state index in [1.807, 2.05) is 25.3 Å². The quantitative estimate of drug-likeness (QED) is 0.612. The van der Waals surface area contributed by atoms with Crippen molar-refractivity contribution in [2.75, 3.05) is 0 Å². The van der Waals surface area contributed by atoms with E-state index in [1.165, 1.54) is 21.5 Å². The van der Waals surface area contributed by atoms with Crippen LogP contribution in [0.5, 0.6) is 0 Å². The molecule has 130 valence electrons. The second-order valence-corrected chi connectivity index (χ2v) is 5.95. The molecule has 26 heavy (non-hydrogen) atoms. The summed E-state index contributed by atoms with van der Waals surface area (Å²) in [5.41, 5.74) is 3.84. The lowest BCUT2D eigenvalue weighted by Crippen LogP contribution is -2.24. The van der Waals surface area contributed by atoms with Crippen molar-refractivity contribution in [3.63, 3.8) is 0 Å². The zero-order valence-corrected chi connectivity index (χ0v) is 13.9. The van der Waals surface area contributed by atoms with Crippen LogP contribution in [0.3, 0.4) is 0 Å².